The molecule has 47 heavy (non-hydrogen) atoms. The van der Waals surface area contributed by atoms with Crippen LogP contribution in [0.15, 0.2) is 54.9 Å². The van der Waals surface area contributed by atoms with E-state index in [-0.39, 0.29) is 23.8 Å². The van der Waals surface area contributed by atoms with Gasteiger partial charge in [0.1, 0.15) is 18.0 Å². The van der Waals surface area contributed by atoms with Crippen molar-refractivity contribution in [3.63, 3.8) is 0 Å². The monoisotopic (exact) mass is 649 g/mol. The van der Waals surface area contributed by atoms with Crippen LogP contribution in [0.4, 0.5) is 41.9 Å². The molecule has 1 aliphatic rings. The van der Waals surface area contributed by atoms with Crippen LogP contribution in [0.5, 0.6) is 0 Å². The van der Waals surface area contributed by atoms with Crippen LogP contribution < -0.4 is 26.6 Å². The van der Waals surface area contributed by atoms with Crippen molar-refractivity contribution >= 4 is 40.5 Å². The zero-order valence-corrected chi connectivity index (χ0v) is 26.5. The van der Waals surface area contributed by atoms with Crippen molar-refractivity contribution < 1.29 is 22.8 Å². The Kier molecular flexibility index (Phi) is 9.97. The van der Waals surface area contributed by atoms with E-state index < -0.39 is 17.6 Å². The molecule has 1 saturated heterocycles. The van der Waals surface area contributed by atoms with E-state index in [1.807, 2.05) is 24.8 Å². The van der Waals surface area contributed by atoms with E-state index in [0.29, 0.717) is 54.0 Å². The van der Waals surface area contributed by atoms with Gasteiger partial charge in [0.15, 0.2) is 5.82 Å². The minimum atomic E-state index is -4.65. The Morgan fingerprint density at radius 3 is 2.55 bits per heavy atom. The SMILES string of the molecule is CNc1cc(-n2nc(C)cc2Nc2cc(NC(=O)c3cc(N4CCCCC(CC(N)=O)CC4)cc(C(F)(F)F)c3)ccc2C)ncn1. The molecule has 2 amide bonds. The molecule has 1 aliphatic heterocycles. The molecule has 4 aromatic rings. The van der Waals surface area contributed by atoms with Crippen LogP contribution in [-0.2, 0) is 11.0 Å². The van der Waals surface area contributed by atoms with Crippen LogP contribution in [0.25, 0.3) is 5.82 Å². The van der Waals surface area contributed by atoms with Crippen molar-refractivity contribution in [2.24, 2.45) is 11.7 Å². The maximum Gasteiger partial charge on any atom is 0.416 e. The van der Waals surface area contributed by atoms with Gasteiger partial charge in [-0.2, -0.15) is 23.0 Å². The van der Waals surface area contributed by atoms with Crippen LogP contribution in [0.2, 0.25) is 0 Å². The number of carbonyl (C=O) groups is 2. The summed E-state index contributed by atoms with van der Waals surface area (Å²) in [6.45, 7) is 4.73. The average Bonchev–Trinajstić information content (AvgIpc) is 3.39. The van der Waals surface area contributed by atoms with Crippen molar-refractivity contribution in [1.82, 2.24) is 19.7 Å². The fourth-order valence-electron chi connectivity index (χ4n) is 5.70. The number of anilines is 5. The summed E-state index contributed by atoms with van der Waals surface area (Å²) in [6, 6.07) is 12.2. The van der Waals surface area contributed by atoms with Gasteiger partial charge in [-0.1, -0.05) is 12.5 Å². The van der Waals surface area contributed by atoms with Gasteiger partial charge in [0, 0.05) is 61.3 Å². The molecule has 11 nitrogen and oxygen atoms in total. The second-order valence-corrected chi connectivity index (χ2v) is 11.8. The third-order valence-corrected chi connectivity index (χ3v) is 8.18. The maximum absolute atomic E-state index is 14.0. The normalized spacial score (nSPS) is 15.4. The molecule has 14 heteroatoms. The highest BCUT2D eigenvalue weighted by Gasteiger charge is 2.32. The number of alkyl halides is 3. The summed E-state index contributed by atoms with van der Waals surface area (Å²) in [6.07, 6.45) is 0.0721. The number of aryl methyl sites for hydroxylation is 2. The molecule has 0 bridgehead atoms. The smallest absolute Gasteiger partial charge is 0.373 e. The molecule has 0 spiro atoms. The first kappa shape index (κ1) is 33.2. The Bertz CT molecular complexity index is 1760. The van der Waals surface area contributed by atoms with Crippen molar-refractivity contribution in [1.29, 1.82) is 0 Å². The van der Waals surface area contributed by atoms with Gasteiger partial charge in [0.25, 0.3) is 5.91 Å². The molecule has 248 valence electrons. The van der Waals surface area contributed by atoms with E-state index in [1.165, 1.54) is 12.4 Å². The number of primary amides is 1. The first-order valence-electron chi connectivity index (χ1n) is 15.4. The molecule has 2 aromatic carbocycles. The maximum atomic E-state index is 14.0. The quantitative estimate of drug-likeness (QED) is 0.168. The lowest BCUT2D eigenvalue weighted by atomic mass is 9.92. The molecule has 1 unspecified atom stereocenters. The standard InChI is InChI=1S/C33H38F3N9O2/c1-20-7-8-25(17-27(20)42-31-12-21(2)43-45(31)30-18-29(38-3)39-19-40-30)41-32(47)23-14-24(33(34,35)36)16-26(15-23)44-10-5-4-6-22(9-11-44)13-28(37)46/h7-8,12,14-19,22,42H,4-6,9-11,13H2,1-3H3,(H2,37,46)(H,41,47)(H,38,39,40). The number of hydrogen-bond donors (Lipinski definition) is 4. The van der Waals surface area contributed by atoms with E-state index in [2.05, 4.69) is 31.0 Å². The number of rotatable bonds is 9. The van der Waals surface area contributed by atoms with E-state index in [0.717, 1.165) is 42.7 Å². The Balaban J connectivity index is 1.39. The number of halogens is 3. The van der Waals surface area contributed by atoms with Crippen LogP contribution >= 0.6 is 0 Å². The Morgan fingerprint density at radius 1 is 1.00 bits per heavy atom. The van der Waals surface area contributed by atoms with E-state index in [4.69, 9.17) is 5.73 Å². The lowest BCUT2D eigenvalue weighted by molar-refractivity contribution is -0.137. The molecule has 1 atom stereocenters. The minimum absolute atomic E-state index is 0.0718. The minimum Gasteiger partial charge on any atom is -0.373 e. The zero-order chi connectivity index (χ0) is 33.7. The third kappa shape index (κ3) is 8.37. The number of nitrogens with one attached hydrogen (secondary N) is 3. The first-order chi connectivity index (χ1) is 22.4. The summed E-state index contributed by atoms with van der Waals surface area (Å²) < 4.78 is 43.7. The fraction of sp³-hybridized carbons (Fsp3) is 0.364. The van der Waals surface area contributed by atoms with Crippen LogP contribution in [-0.4, -0.2) is 51.7 Å². The second-order valence-electron chi connectivity index (χ2n) is 11.8. The van der Waals surface area contributed by atoms with Crippen molar-refractivity contribution in [2.75, 3.05) is 41.0 Å². The van der Waals surface area contributed by atoms with E-state index >= 15 is 0 Å². The Morgan fingerprint density at radius 2 is 1.81 bits per heavy atom. The van der Waals surface area contributed by atoms with Gasteiger partial charge in [-0.15, -0.1) is 0 Å². The van der Waals surface area contributed by atoms with Gasteiger partial charge in [0.2, 0.25) is 5.91 Å². The Labute approximate surface area is 270 Å². The fourth-order valence-corrected chi connectivity index (χ4v) is 5.70. The predicted octanol–water partition coefficient (Wildman–Crippen LogP) is 6.21. The summed E-state index contributed by atoms with van der Waals surface area (Å²) in [5, 5.41) is 13.6. The topological polar surface area (TPSA) is 143 Å². The number of hydrogen-bond acceptors (Lipinski definition) is 8. The third-order valence-electron chi connectivity index (χ3n) is 8.18. The molecule has 1 fully saturated rings. The van der Waals surface area contributed by atoms with Crippen LogP contribution in [0.1, 0.15) is 59.3 Å². The lowest BCUT2D eigenvalue weighted by Crippen LogP contribution is -2.31. The summed E-state index contributed by atoms with van der Waals surface area (Å²) in [5.41, 5.74) is 7.35. The molecular weight excluding hydrogens is 611 g/mol. The molecule has 5 N–H and O–H groups in total. The summed E-state index contributed by atoms with van der Waals surface area (Å²) in [4.78, 5) is 35.3. The van der Waals surface area contributed by atoms with E-state index in [9.17, 15) is 22.8 Å². The van der Waals surface area contributed by atoms with E-state index in [1.54, 1.807) is 36.0 Å². The molecule has 0 aliphatic carbocycles. The highest BCUT2D eigenvalue weighted by Crippen LogP contribution is 2.35. The number of benzene rings is 2. The highest BCUT2D eigenvalue weighted by molar-refractivity contribution is 6.05. The van der Waals surface area contributed by atoms with Crippen molar-refractivity contribution in [3.05, 3.63) is 77.2 Å². The van der Waals surface area contributed by atoms with Gasteiger partial charge in [-0.05, 0) is 74.9 Å². The van der Waals surface area contributed by atoms with Gasteiger partial charge >= 0.3 is 6.18 Å². The average molecular weight is 650 g/mol. The zero-order valence-electron chi connectivity index (χ0n) is 26.5. The lowest BCUT2D eigenvalue weighted by Gasteiger charge is -2.30. The molecule has 2 aromatic heterocycles. The number of nitrogens with zero attached hydrogens (tertiary/aromatic N) is 5. The molecule has 0 radical (unpaired) electrons. The summed E-state index contributed by atoms with van der Waals surface area (Å²) in [7, 11) is 1.75. The largest absolute Gasteiger partial charge is 0.416 e. The molecule has 5 rings (SSSR count). The number of nitrogens with two attached hydrogens (primary N) is 1. The summed E-state index contributed by atoms with van der Waals surface area (Å²) >= 11 is 0. The van der Waals surface area contributed by atoms with Gasteiger partial charge < -0.3 is 26.6 Å². The Hall–Kier alpha value is -5.14. The van der Waals surface area contributed by atoms with Gasteiger partial charge in [-0.3, -0.25) is 9.59 Å². The molecular formula is C33H38F3N9O2. The first-order valence-corrected chi connectivity index (χ1v) is 15.4. The second kappa shape index (κ2) is 14.1. The number of carbonyl (C=O) groups excluding carboxylic acids is 2. The van der Waals surface area contributed by atoms with Gasteiger partial charge in [0.05, 0.1) is 11.3 Å². The van der Waals surface area contributed by atoms with Gasteiger partial charge in [-0.25, -0.2) is 9.97 Å². The van der Waals surface area contributed by atoms with Crippen molar-refractivity contribution in [3.8, 4) is 5.82 Å². The highest BCUT2D eigenvalue weighted by atomic mass is 19.4. The number of aromatic nitrogens is 4. The van der Waals surface area contributed by atoms with Crippen LogP contribution in [0, 0.1) is 19.8 Å². The molecule has 3 heterocycles. The predicted molar refractivity (Wildman–Crippen MR) is 175 cm³/mol. The van der Waals surface area contributed by atoms with Crippen LogP contribution in [0.3, 0.4) is 0 Å². The number of amides is 2. The van der Waals surface area contributed by atoms with Crippen molar-refractivity contribution in [2.45, 2.75) is 52.1 Å². The molecule has 0 saturated carbocycles. The summed E-state index contributed by atoms with van der Waals surface area (Å²) in [5.74, 6) is 0.778.